The number of hydrogen-bond acceptors (Lipinski definition) is 5. The summed E-state index contributed by atoms with van der Waals surface area (Å²) in [4.78, 5) is 46.2. The molecular weight excluding hydrogens is 312 g/mol. The molecule has 1 saturated heterocycles. The summed E-state index contributed by atoms with van der Waals surface area (Å²) in [6.07, 6.45) is 3.90. The number of piperidine rings is 1. The van der Waals surface area contributed by atoms with E-state index < -0.39 is 11.2 Å². The number of aromatic nitrogens is 5. The number of rotatable bonds is 4. The van der Waals surface area contributed by atoms with Crippen molar-refractivity contribution in [3.8, 4) is 0 Å². The lowest BCUT2D eigenvalue weighted by Crippen LogP contribution is -2.39. The minimum absolute atomic E-state index is 0.00390. The molecule has 128 valence electrons. The number of aryl methyl sites for hydroxylation is 1. The number of carbonyl (C=O) groups excluding carboxylic acids is 1. The van der Waals surface area contributed by atoms with Crippen molar-refractivity contribution in [2.75, 3.05) is 13.1 Å². The average Bonchev–Trinajstić information content (AvgIpc) is 3.08. The molecule has 0 spiro atoms. The largest absolute Gasteiger partial charge is 0.342 e. The molecule has 9 nitrogen and oxygen atoms in total. The lowest BCUT2D eigenvalue weighted by molar-refractivity contribution is -0.132. The third kappa shape index (κ3) is 3.44. The van der Waals surface area contributed by atoms with Crippen molar-refractivity contribution in [2.45, 2.75) is 38.5 Å². The molecule has 9 heteroatoms. The van der Waals surface area contributed by atoms with Crippen molar-refractivity contribution < 1.29 is 4.79 Å². The first-order chi connectivity index (χ1) is 11.5. The Morgan fingerprint density at radius 3 is 2.92 bits per heavy atom. The SMILES string of the molecule is Cc1[nH]c(=O)[nH]c(=O)c1CCC(=O)N1CCCC(c2ncn[nH]2)C1. The van der Waals surface area contributed by atoms with Crippen LogP contribution in [0, 0.1) is 6.92 Å². The van der Waals surface area contributed by atoms with Crippen LogP contribution in [0.4, 0.5) is 0 Å². The Morgan fingerprint density at radius 1 is 1.38 bits per heavy atom. The first-order valence-corrected chi connectivity index (χ1v) is 7.99. The van der Waals surface area contributed by atoms with Gasteiger partial charge in [0.2, 0.25) is 5.91 Å². The van der Waals surface area contributed by atoms with Crippen molar-refractivity contribution >= 4 is 5.91 Å². The maximum absolute atomic E-state index is 12.5. The molecule has 1 unspecified atom stereocenters. The monoisotopic (exact) mass is 332 g/mol. The van der Waals surface area contributed by atoms with Crippen molar-refractivity contribution in [1.82, 2.24) is 30.0 Å². The Morgan fingerprint density at radius 2 is 2.21 bits per heavy atom. The number of likely N-dealkylation sites (tertiary alicyclic amines) is 1. The van der Waals surface area contributed by atoms with Gasteiger partial charge in [-0.25, -0.2) is 9.78 Å². The van der Waals surface area contributed by atoms with E-state index in [2.05, 4.69) is 25.1 Å². The van der Waals surface area contributed by atoms with E-state index in [4.69, 9.17) is 0 Å². The third-order valence-corrected chi connectivity index (χ3v) is 4.44. The van der Waals surface area contributed by atoms with Crippen molar-refractivity contribution in [1.29, 1.82) is 0 Å². The zero-order valence-corrected chi connectivity index (χ0v) is 13.5. The Labute approximate surface area is 137 Å². The molecule has 0 bridgehead atoms. The highest BCUT2D eigenvalue weighted by Gasteiger charge is 2.26. The fourth-order valence-electron chi connectivity index (χ4n) is 3.16. The maximum atomic E-state index is 12.5. The quantitative estimate of drug-likeness (QED) is 0.716. The summed E-state index contributed by atoms with van der Waals surface area (Å²) in [5.74, 6) is 0.980. The van der Waals surface area contributed by atoms with Gasteiger partial charge >= 0.3 is 5.69 Å². The van der Waals surface area contributed by atoms with Crippen LogP contribution < -0.4 is 11.2 Å². The standard InChI is InChI=1S/C15H20N6O3/c1-9-11(14(23)19-15(24)18-9)4-5-12(22)21-6-2-3-10(7-21)13-16-8-17-20-13/h8,10H,2-7H2,1H3,(H,16,17,20)(H2,18,19,23,24). The van der Waals surface area contributed by atoms with Crippen LogP contribution in [0.25, 0.3) is 0 Å². The van der Waals surface area contributed by atoms with E-state index in [1.807, 2.05) is 4.90 Å². The second-order valence-electron chi connectivity index (χ2n) is 6.06. The van der Waals surface area contributed by atoms with Gasteiger partial charge in [-0.1, -0.05) is 0 Å². The number of carbonyl (C=O) groups is 1. The minimum Gasteiger partial charge on any atom is -0.342 e. The number of amides is 1. The molecule has 1 aliphatic rings. The minimum atomic E-state index is -0.529. The molecule has 0 radical (unpaired) electrons. The number of H-pyrrole nitrogens is 3. The van der Waals surface area contributed by atoms with Crippen molar-refractivity contribution in [2.24, 2.45) is 0 Å². The number of nitrogens with one attached hydrogen (secondary N) is 3. The average molecular weight is 332 g/mol. The molecule has 0 aromatic carbocycles. The van der Waals surface area contributed by atoms with Gasteiger partial charge < -0.3 is 9.88 Å². The molecule has 3 rings (SSSR count). The van der Waals surface area contributed by atoms with Gasteiger partial charge in [-0.15, -0.1) is 0 Å². The van der Waals surface area contributed by atoms with E-state index in [0.717, 1.165) is 18.7 Å². The van der Waals surface area contributed by atoms with E-state index >= 15 is 0 Å². The molecule has 3 N–H and O–H groups in total. The van der Waals surface area contributed by atoms with Crippen LogP contribution in [0.15, 0.2) is 15.9 Å². The van der Waals surface area contributed by atoms with Crippen LogP contribution in [0.1, 0.15) is 42.3 Å². The fourth-order valence-corrected chi connectivity index (χ4v) is 3.16. The van der Waals surface area contributed by atoms with E-state index in [1.165, 1.54) is 6.33 Å². The van der Waals surface area contributed by atoms with E-state index in [0.29, 0.717) is 30.8 Å². The smallest absolute Gasteiger partial charge is 0.325 e. The summed E-state index contributed by atoms with van der Waals surface area (Å²) in [7, 11) is 0. The molecule has 1 aliphatic heterocycles. The summed E-state index contributed by atoms with van der Waals surface area (Å²) >= 11 is 0. The van der Waals surface area contributed by atoms with Gasteiger partial charge in [-0.3, -0.25) is 19.7 Å². The normalized spacial score (nSPS) is 17.9. The van der Waals surface area contributed by atoms with Crippen LogP contribution in [-0.4, -0.2) is 49.0 Å². The zero-order chi connectivity index (χ0) is 17.1. The van der Waals surface area contributed by atoms with Crippen LogP contribution in [0.3, 0.4) is 0 Å². The Balaban J connectivity index is 1.63. The number of hydrogen-bond donors (Lipinski definition) is 3. The summed E-state index contributed by atoms with van der Waals surface area (Å²) in [6, 6.07) is 0. The molecule has 3 heterocycles. The molecule has 1 amide bonds. The highest BCUT2D eigenvalue weighted by Crippen LogP contribution is 2.24. The fraction of sp³-hybridized carbons (Fsp3) is 0.533. The van der Waals surface area contributed by atoms with Gasteiger partial charge in [0.05, 0.1) is 0 Å². The molecule has 2 aromatic heterocycles. The molecule has 1 atom stereocenters. The van der Waals surface area contributed by atoms with Gasteiger partial charge in [0.1, 0.15) is 12.2 Å². The molecule has 0 saturated carbocycles. The Hall–Kier alpha value is -2.71. The maximum Gasteiger partial charge on any atom is 0.325 e. The lowest BCUT2D eigenvalue weighted by Gasteiger charge is -2.31. The van der Waals surface area contributed by atoms with Crippen LogP contribution in [-0.2, 0) is 11.2 Å². The topological polar surface area (TPSA) is 128 Å². The molecule has 1 fully saturated rings. The number of aromatic amines is 3. The predicted octanol–water partition coefficient (Wildman–Crippen LogP) is -0.171. The summed E-state index contributed by atoms with van der Waals surface area (Å²) in [5.41, 5.74) is 0.00205. The molecular formula is C15H20N6O3. The van der Waals surface area contributed by atoms with Gasteiger partial charge in [0, 0.05) is 36.7 Å². The number of nitrogens with zero attached hydrogens (tertiary/aromatic N) is 3. The van der Waals surface area contributed by atoms with Crippen molar-refractivity contribution in [3.05, 3.63) is 44.2 Å². The van der Waals surface area contributed by atoms with Gasteiger partial charge in [-0.2, -0.15) is 5.10 Å². The second kappa shape index (κ2) is 6.81. The first kappa shape index (κ1) is 16.2. The first-order valence-electron chi connectivity index (χ1n) is 7.99. The lowest BCUT2D eigenvalue weighted by atomic mass is 9.97. The summed E-state index contributed by atoms with van der Waals surface area (Å²) in [5, 5.41) is 6.73. The third-order valence-electron chi connectivity index (χ3n) is 4.44. The molecule has 0 aliphatic carbocycles. The van der Waals surface area contributed by atoms with Crippen molar-refractivity contribution in [3.63, 3.8) is 0 Å². The summed E-state index contributed by atoms with van der Waals surface area (Å²) in [6.45, 7) is 2.98. The van der Waals surface area contributed by atoms with Crippen LogP contribution in [0.2, 0.25) is 0 Å². The summed E-state index contributed by atoms with van der Waals surface area (Å²) < 4.78 is 0. The van der Waals surface area contributed by atoms with E-state index in [-0.39, 0.29) is 18.2 Å². The van der Waals surface area contributed by atoms with Crippen LogP contribution >= 0.6 is 0 Å². The van der Waals surface area contributed by atoms with Gasteiger partial charge in [-0.05, 0) is 26.2 Å². The highest BCUT2D eigenvalue weighted by molar-refractivity contribution is 5.76. The van der Waals surface area contributed by atoms with E-state index in [9.17, 15) is 14.4 Å². The van der Waals surface area contributed by atoms with Crippen LogP contribution in [0.5, 0.6) is 0 Å². The Bertz CT molecular complexity index is 822. The predicted molar refractivity (Wildman–Crippen MR) is 85.7 cm³/mol. The van der Waals surface area contributed by atoms with E-state index in [1.54, 1.807) is 6.92 Å². The molecule has 24 heavy (non-hydrogen) atoms. The zero-order valence-electron chi connectivity index (χ0n) is 13.5. The van der Waals surface area contributed by atoms with Gasteiger partial charge in [0.15, 0.2) is 0 Å². The Kier molecular flexibility index (Phi) is 4.59. The van der Waals surface area contributed by atoms with Gasteiger partial charge in [0.25, 0.3) is 5.56 Å². The second-order valence-corrected chi connectivity index (χ2v) is 6.06. The highest BCUT2D eigenvalue weighted by atomic mass is 16.2. The molecule has 2 aromatic rings.